The molecule has 25 heavy (non-hydrogen) atoms. The van der Waals surface area contributed by atoms with Gasteiger partial charge in [-0.25, -0.2) is 13.8 Å². The van der Waals surface area contributed by atoms with Gasteiger partial charge < -0.3 is 5.32 Å². The summed E-state index contributed by atoms with van der Waals surface area (Å²) in [7, 11) is -3.23. The molecule has 0 fully saturated rings. The number of aryl methyl sites for hydroxylation is 1. The molecule has 7 heteroatoms. The summed E-state index contributed by atoms with van der Waals surface area (Å²) in [6.07, 6.45) is 1.16. The van der Waals surface area contributed by atoms with Crippen LogP contribution >= 0.6 is 0 Å². The van der Waals surface area contributed by atoms with Gasteiger partial charge in [0.2, 0.25) is 0 Å². The van der Waals surface area contributed by atoms with Crippen molar-refractivity contribution in [3.63, 3.8) is 0 Å². The van der Waals surface area contributed by atoms with Gasteiger partial charge in [0.1, 0.15) is 0 Å². The molecule has 0 aliphatic heterocycles. The Kier molecular flexibility index (Phi) is 5.93. The van der Waals surface area contributed by atoms with Gasteiger partial charge in [0.25, 0.3) is 5.91 Å². The first-order valence-corrected chi connectivity index (χ1v) is 9.59. The normalized spacial score (nSPS) is 11.9. The maximum atomic E-state index is 11.8. The molecular weight excluding hydrogens is 338 g/mol. The molecule has 0 radical (unpaired) electrons. The SMILES string of the molecule is C/C(=N/NC(=O)CNc1ccc(C)cc1)c1ccc(S(C)(=O)=O)cc1. The van der Waals surface area contributed by atoms with Crippen LogP contribution in [0.1, 0.15) is 18.1 Å². The third kappa shape index (κ3) is 5.72. The molecule has 2 rings (SSSR count). The predicted octanol–water partition coefficient (Wildman–Crippen LogP) is 2.35. The zero-order valence-electron chi connectivity index (χ0n) is 14.4. The van der Waals surface area contributed by atoms with Crippen molar-refractivity contribution in [2.45, 2.75) is 18.7 Å². The van der Waals surface area contributed by atoms with E-state index in [9.17, 15) is 13.2 Å². The summed E-state index contributed by atoms with van der Waals surface area (Å²) in [6, 6.07) is 14.1. The summed E-state index contributed by atoms with van der Waals surface area (Å²) >= 11 is 0. The molecule has 2 aromatic rings. The number of sulfone groups is 1. The average Bonchev–Trinajstić information content (AvgIpc) is 2.58. The van der Waals surface area contributed by atoms with Crippen molar-refractivity contribution in [3.05, 3.63) is 59.7 Å². The van der Waals surface area contributed by atoms with Crippen molar-refractivity contribution in [2.24, 2.45) is 5.10 Å². The zero-order chi connectivity index (χ0) is 18.4. The predicted molar refractivity (Wildman–Crippen MR) is 99.6 cm³/mol. The fourth-order valence-corrected chi connectivity index (χ4v) is 2.68. The third-order valence-electron chi connectivity index (χ3n) is 3.55. The smallest absolute Gasteiger partial charge is 0.259 e. The minimum Gasteiger partial charge on any atom is -0.376 e. The first kappa shape index (κ1) is 18.7. The molecule has 1 amide bonds. The second kappa shape index (κ2) is 7.94. The van der Waals surface area contributed by atoms with Crippen molar-refractivity contribution in [1.82, 2.24) is 5.43 Å². The molecule has 0 aliphatic rings. The lowest BCUT2D eigenvalue weighted by molar-refractivity contribution is -0.119. The zero-order valence-corrected chi connectivity index (χ0v) is 15.2. The van der Waals surface area contributed by atoms with Crippen molar-refractivity contribution in [2.75, 3.05) is 18.1 Å². The van der Waals surface area contributed by atoms with E-state index in [1.165, 1.54) is 12.1 Å². The van der Waals surface area contributed by atoms with Crippen LogP contribution in [0.4, 0.5) is 5.69 Å². The van der Waals surface area contributed by atoms with Crippen molar-refractivity contribution in [3.8, 4) is 0 Å². The minimum atomic E-state index is -3.23. The van der Waals surface area contributed by atoms with Crippen LogP contribution in [0.2, 0.25) is 0 Å². The Morgan fingerprint density at radius 1 is 1.04 bits per heavy atom. The molecule has 0 spiro atoms. The number of hydrogen-bond donors (Lipinski definition) is 2. The highest BCUT2D eigenvalue weighted by Crippen LogP contribution is 2.11. The fraction of sp³-hybridized carbons (Fsp3) is 0.222. The van der Waals surface area contributed by atoms with E-state index in [2.05, 4.69) is 15.8 Å². The lowest BCUT2D eigenvalue weighted by Gasteiger charge is -2.07. The molecule has 0 atom stereocenters. The van der Waals surface area contributed by atoms with Crippen molar-refractivity contribution >= 4 is 27.1 Å². The van der Waals surface area contributed by atoms with Crippen LogP contribution in [0.15, 0.2) is 58.5 Å². The monoisotopic (exact) mass is 359 g/mol. The van der Waals surface area contributed by atoms with Gasteiger partial charge in [-0.15, -0.1) is 0 Å². The summed E-state index contributed by atoms with van der Waals surface area (Å²) in [5.74, 6) is -0.271. The van der Waals surface area contributed by atoms with E-state index in [1.54, 1.807) is 19.1 Å². The molecule has 0 aliphatic carbocycles. The number of carbonyl (C=O) groups excluding carboxylic acids is 1. The number of carbonyl (C=O) groups is 1. The second-order valence-electron chi connectivity index (χ2n) is 5.75. The summed E-state index contributed by atoms with van der Waals surface area (Å²) in [5.41, 5.74) is 5.81. The Balaban J connectivity index is 1.91. The minimum absolute atomic E-state index is 0.104. The van der Waals surface area contributed by atoms with Gasteiger partial charge in [0.15, 0.2) is 9.84 Å². The van der Waals surface area contributed by atoms with Crippen molar-refractivity contribution < 1.29 is 13.2 Å². The Morgan fingerprint density at radius 3 is 2.20 bits per heavy atom. The standard InChI is InChI=1S/C18H21N3O3S/c1-13-4-8-16(9-5-13)19-12-18(22)21-20-14(2)15-6-10-17(11-7-15)25(3,23)24/h4-11,19H,12H2,1-3H3,(H,21,22)/b20-14-. The third-order valence-corrected chi connectivity index (χ3v) is 4.68. The Labute approximate surface area is 147 Å². The number of nitrogens with zero attached hydrogens (tertiary/aromatic N) is 1. The molecule has 2 aromatic carbocycles. The van der Waals surface area contributed by atoms with E-state index in [0.717, 1.165) is 23.1 Å². The Bertz CT molecular complexity index is 871. The summed E-state index contributed by atoms with van der Waals surface area (Å²) in [5, 5.41) is 7.05. The van der Waals surface area contributed by atoms with Crippen LogP contribution in [0.3, 0.4) is 0 Å². The van der Waals surface area contributed by atoms with E-state index in [4.69, 9.17) is 0 Å². The van der Waals surface area contributed by atoms with E-state index < -0.39 is 9.84 Å². The van der Waals surface area contributed by atoms with Gasteiger partial charge in [-0.2, -0.15) is 5.10 Å². The van der Waals surface area contributed by atoms with Gasteiger partial charge >= 0.3 is 0 Å². The van der Waals surface area contributed by atoms with Crippen LogP contribution in [0, 0.1) is 6.92 Å². The molecule has 0 unspecified atom stereocenters. The largest absolute Gasteiger partial charge is 0.376 e. The van der Waals surface area contributed by atoms with Crippen LogP contribution in [-0.2, 0) is 14.6 Å². The average molecular weight is 359 g/mol. The van der Waals surface area contributed by atoms with Gasteiger partial charge in [-0.3, -0.25) is 4.79 Å². The van der Waals surface area contributed by atoms with Gasteiger partial charge in [0, 0.05) is 11.9 Å². The number of amides is 1. The topological polar surface area (TPSA) is 87.6 Å². The highest BCUT2D eigenvalue weighted by Gasteiger charge is 2.07. The lowest BCUT2D eigenvalue weighted by Crippen LogP contribution is -2.26. The van der Waals surface area contributed by atoms with Gasteiger partial charge in [-0.1, -0.05) is 29.8 Å². The van der Waals surface area contributed by atoms with Crippen molar-refractivity contribution in [1.29, 1.82) is 0 Å². The van der Waals surface area contributed by atoms with E-state index in [0.29, 0.717) is 5.71 Å². The highest BCUT2D eigenvalue weighted by molar-refractivity contribution is 7.90. The van der Waals surface area contributed by atoms with E-state index in [-0.39, 0.29) is 17.3 Å². The molecule has 0 saturated carbocycles. The van der Waals surface area contributed by atoms with Crippen LogP contribution in [0.25, 0.3) is 0 Å². The molecule has 6 nitrogen and oxygen atoms in total. The molecule has 2 N–H and O–H groups in total. The maximum absolute atomic E-state index is 11.8. The Hall–Kier alpha value is -2.67. The molecule has 0 bridgehead atoms. The summed E-state index contributed by atoms with van der Waals surface area (Å²) in [4.78, 5) is 12.1. The maximum Gasteiger partial charge on any atom is 0.259 e. The van der Waals surface area contributed by atoms with Gasteiger partial charge in [0.05, 0.1) is 17.2 Å². The fourth-order valence-electron chi connectivity index (χ4n) is 2.05. The number of nitrogens with one attached hydrogen (secondary N) is 2. The molecule has 0 aromatic heterocycles. The summed E-state index contributed by atoms with van der Waals surface area (Å²) < 4.78 is 22.9. The van der Waals surface area contributed by atoms with Gasteiger partial charge in [-0.05, 0) is 43.7 Å². The number of anilines is 1. The first-order chi connectivity index (χ1) is 11.8. The molecular formula is C18H21N3O3S. The molecule has 0 saturated heterocycles. The second-order valence-corrected chi connectivity index (χ2v) is 7.76. The highest BCUT2D eigenvalue weighted by atomic mass is 32.2. The van der Waals surface area contributed by atoms with Crippen LogP contribution in [0.5, 0.6) is 0 Å². The lowest BCUT2D eigenvalue weighted by atomic mass is 10.1. The molecule has 0 heterocycles. The Morgan fingerprint density at radius 2 is 1.64 bits per heavy atom. The number of hydrazone groups is 1. The quantitative estimate of drug-likeness (QED) is 0.612. The van der Waals surface area contributed by atoms with Crippen LogP contribution < -0.4 is 10.7 Å². The van der Waals surface area contributed by atoms with E-state index in [1.807, 2.05) is 31.2 Å². The number of hydrogen-bond acceptors (Lipinski definition) is 5. The first-order valence-electron chi connectivity index (χ1n) is 7.70. The summed E-state index contributed by atoms with van der Waals surface area (Å²) in [6.45, 7) is 3.84. The van der Waals surface area contributed by atoms with Crippen LogP contribution in [-0.4, -0.2) is 32.8 Å². The number of benzene rings is 2. The number of rotatable bonds is 6. The molecule has 132 valence electrons. The van der Waals surface area contributed by atoms with E-state index >= 15 is 0 Å².